The smallest absolute Gasteiger partial charge is 0.338 e. The molecular formula is C22H22FN3O4S. The van der Waals surface area contributed by atoms with Crippen molar-refractivity contribution >= 4 is 46.1 Å². The predicted octanol–water partition coefficient (Wildman–Crippen LogP) is 3.98. The first kappa shape index (κ1) is 22.5. The molecule has 0 aliphatic carbocycles. The molecule has 0 radical (unpaired) electrons. The van der Waals surface area contributed by atoms with Crippen LogP contribution in [-0.2, 0) is 14.3 Å². The molecule has 9 heteroatoms. The summed E-state index contributed by atoms with van der Waals surface area (Å²) in [6, 6.07) is 12.0. The summed E-state index contributed by atoms with van der Waals surface area (Å²) in [6.45, 7) is 4.20. The number of esters is 1. The van der Waals surface area contributed by atoms with Crippen LogP contribution < -0.4 is 5.32 Å². The number of ether oxygens (including phenoxy) is 1. The molecule has 2 amide bonds. The van der Waals surface area contributed by atoms with E-state index in [-0.39, 0.29) is 24.8 Å². The van der Waals surface area contributed by atoms with E-state index in [1.807, 2.05) is 6.92 Å². The average Bonchev–Trinajstić information content (AvgIpc) is 2.74. The lowest BCUT2D eigenvalue weighted by atomic mass is 10.2. The fraction of sp³-hybridized carbons (Fsp3) is 0.273. The van der Waals surface area contributed by atoms with Crippen molar-refractivity contribution in [1.29, 1.82) is 0 Å². The van der Waals surface area contributed by atoms with Gasteiger partial charge >= 0.3 is 5.97 Å². The van der Waals surface area contributed by atoms with Gasteiger partial charge in [0.1, 0.15) is 11.1 Å². The maximum absolute atomic E-state index is 13.5. The van der Waals surface area contributed by atoms with Crippen LogP contribution in [0.5, 0.6) is 0 Å². The molecule has 1 saturated heterocycles. The van der Waals surface area contributed by atoms with Crippen LogP contribution in [-0.4, -0.2) is 46.3 Å². The van der Waals surface area contributed by atoms with Crippen LogP contribution >= 0.6 is 11.8 Å². The van der Waals surface area contributed by atoms with Crippen molar-refractivity contribution in [3.8, 4) is 0 Å². The van der Waals surface area contributed by atoms with Crippen molar-refractivity contribution < 1.29 is 23.5 Å². The van der Waals surface area contributed by atoms with Crippen LogP contribution in [0.2, 0.25) is 0 Å². The normalized spacial score (nSPS) is 17.5. The standard InChI is InChI=1S/C22H22FN3O4S/c1-3-26-19(27)13-18(31-22(26)25-17-7-5-6-15(23)12-17)20(28)24-16-10-8-14(9-11-16)21(29)30-4-2/h5-12,18H,3-4,13H2,1-2H3,(H,24,28). The van der Waals surface area contributed by atoms with E-state index < -0.39 is 17.0 Å². The first-order chi connectivity index (χ1) is 14.9. The van der Waals surface area contributed by atoms with Crippen molar-refractivity contribution in [1.82, 2.24) is 4.90 Å². The van der Waals surface area contributed by atoms with Gasteiger partial charge in [-0.05, 0) is 56.3 Å². The van der Waals surface area contributed by atoms with Gasteiger partial charge in [0.2, 0.25) is 11.8 Å². The number of rotatable bonds is 6. The van der Waals surface area contributed by atoms with E-state index in [0.29, 0.717) is 28.7 Å². The van der Waals surface area contributed by atoms with E-state index in [1.165, 1.54) is 23.1 Å². The summed E-state index contributed by atoms with van der Waals surface area (Å²) >= 11 is 1.16. The number of amidine groups is 1. The number of hydrogen-bond donors (Lipinski definition) is 1. The third kappa shape index (κ3) is 5.69. The number of aliphatic imine (C=N–C) groups is 1. The molecule has 2 aromatic carbocycles. The summed E-state index contributed by atoms with van der Waals surface area (Å²) in [5.41, 5.74) is 1.24. The van der Waals surface area contributed by atoms with Gasteiger partial charge in [-0.1, -0.05) is 17.8 Å². The van der Waals surface area contributed by atoms with Crippen LogP contribution in [0.3, 0.4) is 0 Å². The monoisotopic (exact) mass is 443 g/mol. The van der Waals surface area contributed by atoms with Crippen molar-refractivity contribution in [2.75, 3.05) is 18.5 Å². The lowest BCUT2D eigenvalue weighted by Gasteiger charge is -2.30. The first-order valence-electron chi connectivity index (χ1n) is 9.80. The lowest BCUT2D eigenvalue weighted by Crippen LogP contribution is -2.45. The van der Waals surface area contributed by atoms with Crippen LogP contribution in [0, 0.1) is 5.82 Å². The zero-order valence-corrected chi connectivity index (χ0v) is 17.9. The second-order valence-corrected chi connectivity index (χ2v) is 7.78. The lowest BCUT2D eigenvalue weighted by molar-refractivity contribution is -0.129. The Kier molecular flexibility index (Phi) is 7.41. The molecule has 0 spiro atoms. The number of amides is 2. The molecule has 0 aromatic heterocycles. The van der Waals surface area contributed by atoms with Crippen LogP contribution in [0.1, 0.15) is 30.6 Å². The van der Waals surface area contributed by atoms with Crippen molar-refractivity contribution in [2.45, 2.75) is 25.5 Å². The highest BCUT2D eigenvalue weighted by atomic mass is 32.2. The largest absolute Gasteiger partial charge is 0.462 e. The van der Waals surface area contributed by atoms with Crippen LogP contribution in [0.25, 0.3) is 0 Å². The zero-order chi connectivity index (χ0) is 22.4. The van der Waals surface area contributed by atoms with Crippen molar-refractivity contribution in [3.05, 3.63) is 59.9 Å². The summed E-state index contributed by atoms with van der Waals surface area (Å²) in [7, 11) is 0. The molecule has 0 saturated carbocycles. The number of thioether (sulfide) groups is 1. The maximum atomic E-state index is 13.5. The summed E-state index contributed by atoms with van der Waals surface area (Å²) in [5.74, 6) is -1.46. The summed E-state index contributed by atoms with van der Waals surface area (Å²) < 4.78 is 18.4. The Morgan fingerprint density at radius 2 is 1.97 bits per heavy atom. The summed E-state index contributed by atoms with van der Waals surface area (Å²) in [6.07, 6.45) is 0.0213. The molecule has 1 aliphatic heterocycles. The van der Waals surface area contributed by atoms with E-state index in [1.54, 1.807) is 37.3 Å². The van der Waals surface area contributed by atoms with E-state index in [0.717, 1.165) is 11.8 Å². The molecule has 7 nitrogen and oxygen atoms in total. The highest BCUT2D eigenvalue weighted by Crippen LogP contribution is 2.30. The van der Waals surface area contributed by atoms with Crippen LogP contribution in [0.15, 0.2) is 53.5 Å². The zero-order valence-electron chi connectivity index (χ0n) is 17.1. The quantitative estimate of drug-likeness (QED) is 0.683. The Bertz CT molecular complexity index is 1010. The number of carbonyl (C=O) groups excluding carboxylic acids is 3. The topological polar surface area (TPSA) is 88.1 Å². The fourth-order valence-electron chi connectivity index (χ4n) is 2.94. The average molecular weight is 444 g/mol. The molecule has 1 unspecified atom stereocenters. The van der Waals surface area contributed by atoms with Gasteiger partial charge in [0.05, 0.1) is 17.9 Å². The Morgan fingerprint density at radius 3 is 2.61 bits per heavy atom. The van der Waals surface area contributed by atoms with Gasteiger partial charge in [-0.2, -0.15) is 0 Å². The Morgan fingerprint density at radius 1 is 1.23 bits per heavy atom. The van der Waals surface area contributed by atoms with E-state index in [9.17, 15) is 18.8 Å². The number of benzene rings is 2. The Balaban J connectivity index is 1.74. The minimum atomic E-state index is -0.688. The molecule has 2 aromatic rings. The summed E-state index contributed by atoms with van der Waals surface area (Å²) in [4.78, 5) is 42.9. The molecular weight excluding hydrogens is 421 g/mol. The Labute approximate surface area is 183 Å². The SMILES string of the molecule is CCOC(=O)c1ccc(NC(=O)C2CC(=O)N(CC)C(=Nc3cccc(F)c3)S2)cc1. The van der Waals surface area contributed by atoms with Gasteiger partial charge in [0, 0.05) is 18.7 Å². The van der Waals surface area contributed by atoms with Gasteiger partial charge < -0.3 is 10.1 Å². The minimum Gasteiger partial charge on any atom is -0.462 e. The number of carbonyl (C=O) groups is 3. The third-order valence-electron chi connectivity index (χ3n) is 4.44. The molecule has 1 atom stereocenters. The number of anilines is 1. The fourth-order valence-corrected chi connectivity index (χ4v) is 4.10. The van der Waals surface area contributed by atoms with Gasteiger partial charge in [0.25, 0.3) is 0 Å². The van der Waals surface area contributed by atoms with Crippen molar-refractivity contribution in [2.24, 2.45) is 4.99 Å². The van der Waals surface area contributed by atoms with E-state index in [2.05, 4.69) is 10.3 Å². The minimum absolute atomic E-state index is 0.0213. The highest BCUT2D eigenvalue weighted by Gasteiger charge is 2.35. The molecule has 3 rings (SSSR count). The summed E-state index contributed by atoms with van der Waals surface area (Å²) in [5, 5.41) is 2.42. The van der Waals surface area contributed by atoms with E-state index in [4.69, 9.17) is 4.74 Å². The number of halogens is 1. The second kappa shape index (κ2) is 10.2. The van der Waals surface area contributed by atoms with Gasteiger partial charge in [-0.25, -0.2) is 14.2 Å². The number of nitrogens with one attached hydrogen (secondary N) is 1. The molecule has 1 aliphatic rings. The Hall–Kier alpha value is -3.20. The molecule has 162 valence electrons. The maximum Gasteiger partial charge on any atom is 0.338 e. The van der Waals surface area contributed by atoms with Gasteiger partial charge in [-0.3, -0.25) is 14.5 Å². The van der Waals surface area contributed by atoms with Gasteiger partial charge in [-0.15, -0.1) is 0 Å². The van der Waals surface area contributed by atoms with Gasteiger partial charge in [0.15, 0.2) is 5.17 Å². The highest BCUT2D eigenvalue weighted by molar-refractivity contribution is 8.15. The molecule has 31 heavy (non-hydrogen) atoms. The second-order valence-electron chi connectivity index (χ2n) is 6.61. The third-order valence-corrected chi connectivity index (χ3v) is 5.63. The molecule has 1 heterocycles. The predicted molar refractivity (Wildman–Crippen MR) is 118 cm³/mol. The number of hydrogen-bond acceptors (Lipinski definition) is 6. The van der Waals surface area contributed by atoms with Crippen molar-refractivity contribution in [3.63, 3.8) is 0 Å². The van der Waals surface area contributed by atoms with E-state index >= 15 is 0 Å². The number of nitrogens with zero attached hydrogens (tertiary/aromatic N) is 2. The molecule has 1 N–H and O–H groups in total. The molecule has 1 fully saturated rings. The molecule has 0 bridgehead atoms. The van der Waals surface area contributed by atoms with Crippen LogP contribution in [0.4, 0.5) is 15.8 Å². The first-order valence-corrected chi connectivity index (χ1v) is 10.7.